The summed E-state index contributed by atoms with van der Waals surface area (Å²) in [7, 11) is 0. The largest absolute Gasteiger partial charge is 0.444 e. The number of nitrogens with zero attached hydrogens (tertiary/aromatic N) is 2. The van der Waals surface area contributed by atoms with Gasteiger partial charge < -0.3 is 15.0 Å². The van der Waals surface area contributed by atoms with Gasteiger partial charge >= 0.3 is 6.09 Å². The van der Waals surface area contributed by atoms with Gasteiger partial charge in [0.25, 0.3) is 5.91 Å². The van der Waals surface area contributed by atoms with E-state index in [0.717, 1.165) is 23.6 Å². The number of amides is 2. The molecule has 0 aliphatic carbocycles. The van der Waals surface area contributed by atoms with Gasteiger partial charge in [-0.15, -0.1) is 0 Å². The Morgan fingerprint density at radius 2 is 2.00 bits per heavy atom. The quantitative estimate of drug-likeness (QED) is 0.897. The molecule has 1 aliphatic rings. The van der Waals surface area contributed by atoms with Gasteiger partial charge in [0.2, 0.25) is 0 Å². The molecule has 138 valence electrons. The molecule has 0 spiro atoms. The molecule has 0 saturated carbocycles. The molecule has 0 bridgehead atoms. The number of hydrogen-bond donors (Lipinski definition) is 1. The first-order valence-corrected chi connectivity index (χ1v) is 8.95. The van der Waals surface area contributed by atoms with Crippen LogP contribution in [0.5, 0.6) is 0 Å². The maximum Gasteiger partial charge on any atom is 0.407 e. The van der Waals surface area contributed by atoms with Crippen LogP contribution in [0.2, 0.25) is 0 Å². The van der Waals surface area contributed by atoms with Crippen LogP contribution in [0.1, 0.15) is 44.0 Å². The standard InChI is InChI=1S/C20H25N3O3/c1-20(2,3)26-19(25)22-15-8-6-10-23(13-15)18(24)17-12-21-11-14-7-4-5-9-16(14)17/h4-5,7,9,11-12,15H,6,8,10,13H2,1-3H3,(H,22,25)/t15-/m1/s1. The van der Waals surface area contributed by atoms with Crippen LogP contribution >= 0.6 is 0 Å². The average Bonchev–Trinajstić information content (AvgIpc) is 2.59. The third-order valence-corrected chi connectivity index (χ3v) is 4.33. The Morgan fingerprint density at radius 1 is 1.23 bits per heavy atom. The summed E-state index contributed by atoms with van der Waals surface area (Å²) in [5.74, 6) is -0.0509. The number of nitrogens with one attached hydrogen (secondary N) is 1. The third kappa shape index (κ3) is 4.31. The summed E-state index contributed by atoms with van der Waals surface area (Å²) in [6.07, 6.45) is 4.61. The molecule has 1 fully saturated rings. The number of pyridine rings is 1. The molecular weight excluding hydrogens is 330 g/mol. The highest BCUT2D eigenvalue weighted by Gasteiger charge is 2.28. The number of carbonyl (C=O) groups is 2. The van der Waals surface area contributed by atoms with Crippen LogP contribution < -0.4 is 5.32 Å². The molecule has 2 heterocycles. The molecule has 6 nitrogen and oxygen atoms in total. The van der Waals surface area contributed by atoms with Crippen LogP contribution in [0.15, 0.2) is 36.7 Å². The Hall–Kier alpha value is -2.63. The van der Waals surface area contributed by atoms with Crippen molar-refractivity contribution in [2.24, 2.45) is 0 Å². The van der Waals surface area contributed by atoms with Gasteiger partial charge in [-0.3, -0.25) is 9.78 Å². The summed E-state index contributed by atoms with van der Waals surface area (Å²) in [4.78, 5) is 31.0. The second-order valence-electron chi connectivity index (χ2n) is 7.64. The van der Waals surface area contributed by atoms with Crippen LogP contribution in [0, 0.1) is 0 Å². The summed E-state index contributed by atoms with van der Waals surface area (Å²) in [5, 5.41) is 4.72. The summed E-state index contributed by atoms with van der Waals surface area (Å²) in [6, 6.07) is 7.63. The molecule has 1 N–H and O–H groups in total. The molecular formula is C20H25N3O3. The SMILES string of the molecule is CC(C)(C)OC(=O)N[C@@H]1CCCN(C(=O)c2cncc3ccccc23)C1. The number of benzene rings is 1. The van der Waals surface area contributed by atoms with Gasteiger partial charge in [-0.2, -0.15) is 0 Å². The Morgan fingerprint density at radius 3 is 2.77 bits per heavy atom. The fraction of sp³-hybridized carbons (Fsp3) is 0.450. The lowest BCUT2D eigenvalue weighted by Gasteiger charge is -2.33. The minimum atomic E-state index is -0.539. The van der Waals surface area contributed by atoms with E-state index in [1.807, 2.05) is 45.0 Å². The third-order valence-electron chi connectivity index (χ3n) is 4.33. The van der Waals surface area contributed by atoms with Crippen molar-refractivity contribution in [3.05, 3.63) is 42.2 Å². The molecule has 1 atom stereocenters. The minimum absolute atomic E-state index is 0.0509. The summed E-state index contributed by atoms with van der Waals surface area (Å²) < 4.78 is 5.31. The van der Waals surface area contributed by atoms with Gasteiger partial charge in [-0.1, -0.05) is 24.3 Å². The topological polar surface area (TPSA) is 71.5 Å². The number of hydrogen-bond acceptors (Lipinski definition) is 4. The normalized spacial score (nSPS) is 17.8. The van der Waals surface area contributed by atoms with E-state index in [-0.39, 0.29) is 11.9 Å². The number of ether oxygens (including phenoxy) is 1. The van der Waals surface area contributed by atoms with Crippen molar-refractivity contribution in [1.82, 2.24) is 15.2 Å². The molecule has 1 aromatic heterocycles. The molecule has 1 saturated heterocycles. The number of carbonyl (C=O) groups excluding carboxylic acids is 2. The van der Waals surface area contributed by atoms with Crippen molar-refractivity contribution in [2.75, 3.05) is 13.1 Å². The summed E-state index contributed by atoms with van der Waals surface area (Å²) in [5.41, 5.74) is 0.0594. The van der Waals surface area contributed by atoms with Crippen molar-refractivity contribution in [3.8, 4) is 0 Å². The second kappa shape index (κ2) is 7.32. The molecule has 0 unspecified atom stereocenters. The van der Waals surface area contributed by atoms with Crippen molar-refractivity contribution in [1.29, 1.82) is 0 Å². The van der Waals surface area contributed by atoms with Crippen LogP contribution in [-0.4, -0.2) is 46.6 Å². The van der Waals surface area contributed by atoms with Gasteiger partial charge in [-0.25, -0.2) is 4.79 Å². The lowest BCUT2D eigenvalue weighted by molar-refractivity contribution is 0.0452. The van der Waals surface area contributed by atoms with Gasteiger partial charge in [0.15, 0.2) is 0 Å². The number of fused-ring (bicyclic) bond motifs is 1. The van der Waals surface area contributed by atoms with Gasteiger partial charge in [0.1, 0.15) is 5.60 Å². The average molecular weight is 355 g/mol. The first-order valence-electron chi connectivity index (χ1n) is 8.95. The number of alkyl carbamates (subject to hydrolysis) is 1. The minimum Gasteiger partial charge on any atom is -0.444 e. The highest BCUT2D eigenvalue weighted by molar-refractivity contribution is 6.06. The molecule has 2 aromatic rings. The van der Waals surface area contributed by atoms with E-state index in [9.17, 15) is 9.59 Å². The maximum atomic E-state index is 13.0. The van der Waals surface area contributed by atoms with E-state index in [4.69, 9.17) is 4.74 Å². The first-order chi connectivity index (χ1) is 12.3. The van der Waals surface area contributed by atoms with Gasteiger partial charge in [-0.05, 0) is 39.0 Å². The van der Waals surface area contributed by atoms with Gasteiger partial charge in [0.05, 0.1) is 5.56 Å². The van der Waals surface area contributed by atoms with Crippen molar-refractivity contribution in [2.45, 2.75) is 45.3 Å². The number of likely N-dealkylation sites (tertiary alicyclic amines) is 1. The molecule has 6 heteroatoms. The Bertz CT molecular complexity index is 808. The zero-order valence-electron chi connectivity index (χ0n) is 15.5. The Balaban J connectivity index is 1.71. The number of piperidine rings is 1. The lowest BCUT2D eigenvalue weighted by atomic mass is 10.0. The molecule has 26 heavy (non-hydrogen) atoms. The van der Waals surface area contributed by atoms with Crippen molar-refractivity contribution < 1.29 is 14.3 Å². The first kappa shape index (κ1) is 18.2. The summed E-state index contributed by atoms with van der Waals surface area (Å²) >= 11 is 0. The number of aromatic nitrogens is 1. The van der Waals surface area contributed by atoms with Crippen molar-refractivity contribution in [3.63, 3.8) is 0 Å². The molecule has 1 aliphatic heterocycles. The van der Waals surface area contributed by atoms with Gasteiger partial charge in [0, 0.05) is 36.9 Å². The van der Waals surface area contributed by atoms with E-state index in [1.165, 1.54) is 0 Å². The van der Waals surface area contributed by atoms with Crippen LogP contribution in [0.4, 0.5) is 4.79 Å². The Labute approximate surface area is 153 Å². The van der Waals surface area contributed by atoms with Crippen LogP contribution in [0.3, 0.4) is 0 Å². The smallest absolute Gasteiger partial charge is 0.407 e. The monoisotopic (exact) mass is 355 g/mol. The molecule has 2 amide bonds. The van der Waals surface area contributed by atoms with E-state index in [0.29, 0.717) is 18.7 Å². The highest BCUT2D eigenvalue weighted by Crippen LogP contribution is 2.21. The maximum absolute atomic E-state index is 13.0. The van der Waals surface area contributed by atoms with Crippen LogP contribution in [-0.2, 0) is 4.74 Å². The highest BCUT2D eigenvalue weighted by atomic mass is 16.6. The van der Waals surface area contributed by atoms with Crippen LogP contribution in [0.25, 0.3) is 10.8 Å². The fourth-order valence-corrected chi connectivity index (χ4v) is 3.21. The zero-order valence-corrected chi connectivity index (χ0v) is 15.5. The molecule has 1 aromatic carbocycles. The van der Waals surface area contributed by atoms with E-state index in [1.54, 1.807) is 17.3 Å². The van der Waals surface area contributed by atoms with E-state index >= 15 is 0 Å². The predicted molar refractivity (Wildman–Crippen MR) is 100 cm³/mol. The zero-order chi connectivity index (χ0) is 18.7. The fourth-order valence-electron chi connectivity index (χ4n) is 3.21. The predicted octanol–water partition coefficient (Wildman–Crippen LogP) is 3.36. The van der Waals surface area contributed by atoms with Crippen molar-refractivity contribution >= 4 is 22.8 Å². The Kier molecular flexibility index (Phi) is 5.11. The number of rotatable bonds is 2. The summed E-state index contributed by atoms with van der Waals surface area (Å²) in [6.45, 7) is 6.64. The molecule has 0 radical (unpaired) electrons. The second-order valence-corrected chi connectivity index (χ2v) is 7.64. The van der Waals surface area contributed by atoms with E-state index < -0.39 is 11.7 Å². The lowest BCUT2D eigenvalue weighted by Crippen LogP contribution is -2.50. The van der Waals surface area contributed by atoms with E-state index in [2.05, 4.69) is 10.3 Å². The molecule has 3 rings (SSSR count).